The highest BCUT2D eigenvalue weighted by molar-refractivity contribution is 5.67. The molecule has 0 fully saturated rings. The predicted octanol–water partition coefficient (Wildman–Crippen LogP) is 1.66. The molecule has 130 valence electrons. The van der Waals surface area contributed by atoms with Crippen LogP contribution in [0.15, 0.2) is 12.1 Å². The smallest absolute Gasteiger partial charge is 0.409 e. The molecule has 0 saturated heterocycles. The molecule has 8 nitrogen and oxygen atoms in total. The summed E-state index contributed by atoms with van der Waals surface area (Å²) < 4.78 is 6.91. The average Bonchev–Trinajstić information content (AvgIpc) is 2.93. The van der Waals surface area contributed by atoms with Crippen molar-refractivity contribution in [1.82, 2.24) is 24.9 Å². The highest BCUT2D eigenvalue weighted by Crippen LogP contribution is 2.21. The van der Waals surface area contributed by atoms with E-state index in [0.29, 0.717) is 23.6 Å². The highest BCUT2D eigenvalue weighted by atomic mass is 16.6. The summed E-state index contributed by atoms with van der Waals surface area (Å²) in [5, 5.41) is 17.4. The lowest BCUT2D eigenvalue weighted by atomic mass is 10.1. The maximum Gasteiger partial charge on any atom is 0.409 e. The van der Waals surface area contributed by atoms with Crippen molar-refractivity contribution in [2.45, 2.75) is 33.5 Å². The summed E-state index contributed by atoms with van der Waals surface area (Å²) in [6.07, 6.45) is 0.480. The van der Waals surface area contributed by atoms with Gasteiger partial charge in [0.15, 0.2) is 0 Å². The summed E-state index contributed by atoms with van der Waals surface area (Å²) in [6.45, 7) is 4.46. The summed E-state index contributed by atoms with van der Waals surface area (Å²) in [5.74, 6) is 0. The van der Waals surface area contributed by atoms with Gasteiger partial charge < -0.3 is 14.7 Å². The summed E-state index contributed by atoms with van der Waals surface area (Å²) in [6, 6.07) is 3.58. The van der Waals surface area contributed by atoms with Crippen LogP contribution in [0.1, 0.15) is 30.3 Å². The van der Waals surface area contributed by atoms with Crippen LogP contribution in [0.2, 0.25) is 0 Å². The Morgan fingerprint density at radius 3 is 2.79 bits per heavy atom. The van der Waals surface area contributed by atoms with Crippen molar-refractivity contribution in [3.05, 3.63) is 29.1 Å². The number of carbonyl (C=O) groups is 1. The van der Waals surface area contributed by atoms with Gasteiger partial charge >= 0.3 is 6.09 Å². The van der Waals surface area contributed by atoms with E-state index in [-0.39, 0.29) is 19.3 Å². The van der Waals surface area contributed by atoms with Gasteiger partial charge in [0.1, 0.15) is 18.0 Å². The Kier molecular flexibility index (Phi) is 5.86. The normalized spacial score (nSPS) is 10.7. The molecule has 2 aromatic rings. The van der Waals surface area contributed by atoms with Gasteiger partial charge in [-0.05, 0) is 25.0 Å². The van der Waals surface area contributed by atoms with E-state index in [2.05, 4.69) is 15.3 Å². The van der Waals surface area contributed by atoms with Crippen molar-refractivity contribution >= 4 is 6.09 Å². The van der Waals surface area contributed by atoms with Gasteiger partial charge in [-0.1, -0.05) is 18.2 Å². The standard InChI is InChI=1S/C16H23N5O3/c1-5-8-20(3)16(23)24-10-14-15(18-19-21(14)4)13-7-6-12(9-22)11(2)17-13/h6-7,22H,5,8-10H2,1-4H3. The largest absolute Gasteiger partial charge is 0.443 e. The Morgan fingerprint density at radius 2 is 2.17 bits per heavy atom. The molecule has 1 N–H and O–H groups in total. The molecule has 2 aromatic heterocycles. The molecule has 0 aliphatic heterocycles. The minimum atomic E-state index is -0.385. The summed E-state index contributed by atoms with van der Waals surface area (Å²) >= 11 is 0. The fourth-order valence-electron chi connectivity index (χ4n) is 2.29. The Morgan fingerprint density at radius 1 is 1.42 bits per heavy atom. The zero-order valence-electron chi connectivity index (χ0n) is 14.5. The third kappa shape index (κ3) is 3.88. The van der Waals surface area contributed by atoms with Crippen LogP contribution in [0.3, 0.4) is 0 Å². The van der Waals surface area contributed by atoms with Crippen molar-refractivity contribution in [2.75, 3.05) is 13.6 Å². The van der Waals surface area contributed by atoms with Crippen molar-refractivity contribution in [3.8, 4) is 11.4 Å². The van der Waals surface area contributed by atoms with E-state index in [9.17, 15) is 9.90 Å². The molecule has 0 saturated carbocycles. The van der Waals surface area contributed by atoms with E-state index in [1.165, 1.54) is 4.90 Å². The second kappa shape index (κ2) is 7.87. The molecule has 0 aliphatic rings. The molecule has 24 heavy (non-hydrogen) atoms. The summed E-state index contributed by atoms with van der Waals surface area (Å²) in [5.41, 5.74) is 3.35. The quantitative estimate of drug-likeness (QED) is 0.864. The van der Waals surface area contributed by atoms with E-state index >= 15 is 0 Å². The van der Waals surface area contributed by atoms with Crippen LogP contribution in [0.5, 0.6) is 0 Å². The number of aromatic nitrogens is 4. The van der Waals surface area contributed by atoms with Gasteiger partial charge in [-0.3, -0.25) is 4.98 Å². The number of aliphatic hydroxyl groups is 1. The first kappa shape index (κ1) is 17.9. The van der Waals surface area contributed by atoms with Crippen molar-refractivity contribution in [2.24, 2.45) is 7.05 Å². The second-order valence-electron chi connectivity index (χ2n) is 5.58. The fourth-order valence-corrected chi connectivity index (χ4v) is 2.29. The molecule has 8 heteroatoms. The number of ether oxygens (including phenoxy) is 1. The van der Waals surface area contributed by atoms with Crippen molar-refractivity contribution in [3.63, 3.8) is 0 Å². The molecule has 2 heterocycles. The van der Waals surface area contributed by atoms with Crippen molar-refractivity contribution < 1.29 is 14.6 Å². The molecule has 0 radical (unpaired) electrons. The maximum absolute atomic E-state index is 11.9. The Bertz CT molecular complexity index is 714. The third-order valence-corrected chi connectivity index (χ3v) is 3.75. The zero-order chi connectivity index (χ0) is 17.7. The molecule has 0 unspecified atom stereocenters. The predicted molar refractivity (Wildman–Crippen MR) is 88.0 cm³/mol. The minimum absolute atomic E-state index is 0.0617. The van der Waals surface area contributed by atoms with Gasteiger partial charge in [-0.15, -0.1) is 5.10 Å². The number of nitrogens with zero attached hydrogens (tertiary/aromatic N) is 5. The van der Waals surface area contributed by atoms with Crippen LogP contribution < -0.4 is 0 Å². The zero-order valence-corrected chi connectivity index (χ0v) is 14.5. The molecule has 1 amide bonds. The molecule has 0 atom stereocenters. The first-order valence-electron chi connectivity index (χ1n) is 7.82. The number of amides is 1. The van der Waals surface area contributed by atoms with Crippen molar-refractivity contribution in [1.29, 1.82) is 0 Å². The van der Waals surface area contributed by atoms with Gasteiger partial charge in [0.05, 0.1) is 12.3 Å². The lowest BCUT2D eigenvalue weighted by Gasteiger charge is -2.16. The van der Waals surface area contributed by atoms with E-state index in [0.717, 1.165) is 17.7 Å². The van der Waals surface area contributed by atoms with Gasteiger partial charge in [0.2, 0.25) is 0 Å². The summed E-state index contributed by atoms with van der Waals surface area (Å²) in [7, 11) is 3.44. The maximum atomic E-state index is 11.9. The Labute approximate surface area is 141 Å². The number of rotatable bonds is 6. The van der Waals surface area contributed by atoms with Gasteiger partial charge in [0.25, 0.3) is 0 Å². The number of hydrogen-bond donors (Lipinski definition) is 1. The second-order valence-corrected chi connectivity index (χ2v) is 5.58. The molecule has 0 bridgehead atoms. The molecular weight excluding hydrogens is 310 g/mol. The van der Waals surface area contributed by atoms with Gasteiger partial charge in [-0.2, -0.15) is 0 Å². The van der Waals surface area contributed by atoms with E-state index in [1.54, 1.807) is 30.9 Å². The topological polar surface area (TPSA) is 93.4 Å². The Balaban J connectivity index is 2.19. The average molecular weight is 333 g/mol. The summed E-state index contributed by atoms with van der Waals surface area (Å²) in [4.78, 5) is 17.9. The first-order valence-corrected chi connectivity index (χ1v) is 7.82. The number of aryl methyl sites for hydroxylation is 2. The number of carbonyl (C=O) groups excluding carboxylic acids is 1. The van der Waals surface area contributed by atoms with E-state index in [1.807, 2.05) is 13.8 Å². The van der Waals surface area contributed by atoms with Gasteiger partial charge in [-0.25, -0.2) is 9.48 Å². The van der Waals surface area contributed by atoms with Gasteiger partial charge in [0, 0.05) is 26.3 Å². The van der Waals surface area contributed by atoms with Crippen LogP contribution in [-0.2, 0) is 25.0 Å². The van der Waals surface area contributed by atoms with E-state index in [4.69, 9.17) is 4.74 Å². The third-order valence-electron chi connectivity index (χ3n) is 3.75. The molecular formula is C16H23N5O3. The van der Waals surface area contributed by atoms with Crippen LogP contribution in [0, 0.1) is 6.92 Å². The van der Waals surface area contributed by atoms with Crippen LogP contribution in [0.25, 0.3) is 11.4 Å². The number of pyridine rings is 1. The highest BCUT2D eigenvalue weighted by Gasteiger charge is 2.18. The SMILES string of the molecule is CCCN(C)C(=O)OCc1c(-c2ccc(CO)c(C)n2)nnn1C. The molecule has 2 rings (SSSR count). The number of hydrogen-bond acceptors (Lipinski definition) is 6. The molecule has 0 spiro atoms. The van der Waals surface area contributed by atoms with Crippen LogP contribution >= 0.6 is 0 Å². The van der Waals surface area contributed by atoms with Crippen LogP contribution in [0.4, 0.5) is 4.79 Å². The van der Waals surface area contributed by atoms with Crippen LogP contribution in [-0.4, -0.2) is 49.7 Å². The first-order chi connectivity index (χ1) is 11.5. The molecule has 0 aliphatic carbocycles. The lowest BCUT2D eigenvalue weighted by Crippen LogP contribution is -2.28. The Hall–Kier alpha value is -2.48. The molecule has 0 aromatic carbocycles. The van der Waals surface area contributed by atoms with E-state index < -0.39 is 0 Å². The fraction of sp³-hybridized carbons (Fsp3) is 0.500. The monoisotopic (exact) mass is 333 g/mol. The minimum Gasteiger partial charge on any atom is -0.443 e. The number of aliphatic hydroxyl groups excluding tert-OH is 1. The lowest BCUT2D eigenvalue weighted by molar-refractivity contribution is 0.103.